The molecule has 0 aromatic heterocycles. The van der Waals surface area contributed by atoms with Crippen LogP contribution in [0.25, 0.3) is 0 Å². The fourth-order valence-corrected chi connectivity index (χ4v) is 5.08. The number of esters is 1. The zero-order valence-electron chi connectivity index (χ0n) is 20.9. The quantitative estimate of drug-likeness (QED) is 0.181. The Bertz CT molecular complexity index is 1300. The Balaban J connectivity index is 1.52. The summed E-state index contributed by atoms with van der Waals surface area (Å²) in [5.41, 5.74) is 2.80. The normalized spacial score (nSPS) is 15.1. The van der Waals surface area contributed by atoms with E-state index in [1.54, 1.807) is 31.2 Å². The van der Waals surface area contributed by atoms with Crippen molar-refractivity contribution in [3.8, 4) is 0 Å². The van der Waals surface area contributed by atoms with Crippen LogP contribution in [0.2, 0.25) is 0 Å². The molecule has 0 radical (unpaired) electrons. The maximum Gasteiger partial charge on any atom is 0.338 e. The average Bonchev–Trinajstić information content (AvgIpc) is 3.14. The summed E-state index contributed by atoms with van der Waals surface area (Å²) < 4.78 is 6.11. The lowest BCUT2D eigenvalue weighted by Crippen LogP contribution is -2.38. The number of aryl methyl sites for hydroxylation is 1. The van der Waals surface area contributed by atoms with Crippen molar-refractivity contribution in [1.82, 2.24) is 4.90 Å². The molecule has 1 unspecified atom stereocenters. The van der Waals surface area contributed by atoms with E-state index in [9.17, 15) is 14.4 Å². The van der Waals surface area contributed by atoms with Crippen molar-refractivity contribution in [3.05, 3.63) is 93.6 Å². The van der Waals surface area contributed by atoms with E-state index < -0.39 is 12.0 Å². The summed E-state index contributed by atoms with van der Waals surface area (Å²) in [7, 11) is 0. The number of anilines is 2. The molecule has 1 heterocycles. The van der Waals surface area contributed by atoms with Crippen LogP contribution in [0.15, 0.2) is 78.9 Å². The molecule has 0 spiro atoms. The summed E-state index contributed by atoms with van der Waals surface area (Å²) in [6, 6.07) is 23.4. The molecular formula is C29H28IN3O4S. The number of halogens is 1. The molecule has 1 saturated heterocycles. The Kier molecular flexibility index (Phi) is 9.46. The van der Waals surface area contributed by atoms with Crippen molar-refractivity contribution in [3.63, 3.8) is 0 Å². The number of carbonyl (C=O) groups excluding carboxylic acids is 3. The van der Waals surface area contributed by atoms with Crippen molar-refractivity contribution in [2.24, 2.45) is 0 Å². The molecule has 9 heteroatoms. The lowest BCUT2D eigenvalue weighted by molar-refractivity contribution is -0.124. The number of hydrogen-bond acceptors (Lipinski definition) is 5. The van der Waals surface area contributed by atoms with Gasteiger partial charge in [-0.3, -0.25) is 14.5 Å². The standard InChI is InChI=1S/C29H28IN3O4S/c1-2-37-28(36)21-10-16-24(17-11-21)33-27(35)25(19-26(34)31-23-14-12-22(30)13-15-23)32(29(33)38)18-6-9-20-7-4-3-5-8-20/h3-5,7-8,10-17,25H,2,6,9,18-19H2,1H3,(H,31,34). The molecule has 1 aliphatic heterocycles. The van der Waals surface area contributed by atoms with Crippen LogP contribution in [-0.2, 0) is 20.7 Å². The van der Waals surface area contributed by atoms with E-state index in [0.717, 1.165) is 16.4 Å². The smallest absolute Gasteiger partial charge is 0.338 e. The molecule has 7 nitrogen and oxygen atoms in total. The van der Waals surface area contributed by atoms with Gasteiger partial charge in [0.1, 0.15) is 6.04 Å². The molecule has 196 valence electrons. The second kappa shape index (κ2) is 13.0. The highest BCUT2D eigenvalue weighted by molar-refractivity contribution is 14.1. The van der Waals surface area contributed by atoms with E-state index in [1.807, 2.05) is 47.4 Å². The van der Waals surface area contributed by atoms with Crippen molar-refractivity contribution in [2.75, 3.05) is 23.4 Å². The summed E-state index contributed by atoms with van der Waals surface area (Å²) >= 11 is 7.96. The molecular weight excluding hydrogens is 613 g/mol. The largest absolute Gasteiger partial charge is 0.462 e. The zero-order valence-corrected chi connectivity index (χ0v) is 23.9. The molecule has 1 atom stereocenters. The van der Waals surface area contributed by atoms with E-state index in [1.165, 1.54) is 10.5 Å². The van der Waals surface area contributed by atoms with Gasteiger partial charge in [0.2, 0.25) is 5.91 Å². The van der Waals surface area contributed by atoms with Crippen LogP contribution in [0.4, 0.5) is 11.4 Å². The predicted octanol–water partition coefficient (Wildman–Crippen LogP) is 5.43. The molecule has 1 fully saturated rings. The highest BCUT2D eigenvalue weighted by Crippen LogP contribution is 2.28. The maximum atomic E-state index is 13.6. The van der Waals surface area contributed by atoms with Gasteiger partial charge < -0.3 is 15.0 Å². The maximum absolute atomic E-state index is 13.6. The van der Waals surface area contributed by atoms with Crippen LogP contribution in [-0.4, -0.2) is 47.0 Å². The third kappa shape index (κ3) is 6.76. The number of nitrogens with zero attached hydrogens (tertiary/aromatic N) is 2. The summed E-state index contributed by atoms with van der Waals surface area (Å²) in [6.45, 7) is 2.55. The molecule has 0 saturated carbocycles. The van der Waals surface area contributed by atoms with E-state index >= 15 is 0 Å². The number of ether oxygens (including phenoxy) is 1. The number of amides is 2. The van der Waals surface area contributed by atoms with Gasteiger partial charge in [0.15, 0.2) is 5.11 Å². The third-order valence-corrected chi connectivity index (χ3v) is 7.31. The highest BCUT2D eigenvalue weighted by atomic mass is 127. The topological polar surface area (TPSA) is 78.9 Å². The monoisotopic (exact) mass is 641 g/mol. The van der Waals surface area contributed by atoms with Gasteiger partial charge in [0, 0.05) is 15.8 Å². The van der Waals surface area contributed by atoms with Gasteiger partial charge in [0.05, 0.1) is 24.3 Å². The fourth-order valence-electron chi connectivity index (χ4n) is 4.31. The van der Waals surface area contributed by atoms with Gasteiger partial charge in [-0.05, 0) is 109 Å². The highest BCUT2D eigenvalue weighted by Gasteiger charge is 2.43. The first-order valence-electron chi connectivity index (χ1n) is 12.4. The summed E-state index contributed by atoms with van der Waals surface area (Å²) in [6.07, 6.45) is 1.56. The Labute approximate surface area is 241 Å². The van der Waals surface area contributed by atoms with E-state index in [2.05, 4.69) is 40.0 Å². The summed E-state index contributed by atoms with van der Waals surface area (Å²) in [4.78, 5) is 42.0. The van der Waals surface area contributed by atoms with Gasteiger partial charge in [-0.1, -0.05) is 30.3 Å². The molecule has 3 aromatic rings. The molecule has 1 aliphatic rings. The molecule has 0 bridgehead atoms. The second-order valence-electron chi connectivity index (χ2n) is 8.78. The molecule has 0 aliphatic carbocycles. The van der Waals surface area contributed by atoms with E-state index in [4.69, 9.17) is 17.0 Å². The molecule has 4 rings (SSSR count). The van der Waals surface area contributed by atoms with Crippen molar-refractivity contribution >= 4 is 69.1 Å². The molecule has 3 aromatic carbocycles. The van der Waals surface area contributed by atoms with Gasteiger partial charge in [-0.2, -0.15) is 0 Å². The average molecular weight is 642 g/mol. The van der Waals surface area contributed by atoms with Crippen LogP contribution < -0.4 is 10.2 Å². The van der Waals surface area contributed by atoms with Gasteiger partial charge in [-0.25, -0.2) is 4.79 Å². The SMILES string of the molecule is CCOC(=O)c1ccc(N2C(=O)C(CC(=O)Nc3ccc(I)cc3)N(CCCc3ccccc3)C2=S)cc1. The fraction of sp³-hybridized carbons (Fsp3) is 0.241. The van der Waals surface area contributed by atoms with Crippen molar-refractivity contribution < 1.29 is 19.1 Å². The number of hydrogen-bond donors (Lipinski definition) is 1. The lowest BCUT2D eigenvalue weighted by atomic mass is 10.1. The van der Waals surface area contributed by atoms with Crippen LogP contribution in [0, 0.1) is 3.57 Å². The number of nitrogens with one attached hydrogen (secondary N) is 1. The Morgan fingerprint density at radius 1 is 1.00 bits per heavy atom. The van der Waals surface area contributed by atoms with Crippen LogP contribution >= 0.6 is 34.8 Å². The van der Waals surface area contributed by atoms with Gasteiger partial charge >= 0.3 is 5.97 Å². The van der Waals surface area contributed by atoms with Gasteiger partial charge in [-0.15, -0.1) is 0 Å². The van der Waals surface area contributed by atoms with Gasteiger partial charge in [0.25, 0.3) is 5.91 Å². The second-order valence-corrected chi connectivity index (χ2v) is 10.4. The number of thiocarbonyl (C=S) groups is 1. The van der Waals surface area contributed by atoms with Crippen molar-refractivity contribution in [1.29, 1.82) is 0 Å². The Morgan fingerprint density at radius 3 is 2.34 bits per heavy atom. The zero-order chi connectivity index (χ0) is 27.1. The van der Waals surface area contributed by atoms with E-state index in [-0.39, 0.29) is 24.8 Å². The summed E-state index contributed by atoms with van der Waals surface area (Å²) in [5.74, 6) is -0.960. The Hall–Kier alpha value is -3.31. The lowest BCUT2D eigenvalue weighted by Gasteiger charge is -2.24. The molecule has 1 N–H and O–H groups in total. The molecule has 2 amide bonds. The first-order chi connectivity index (χ1) is 18.4. The minimum atomic E-state index is -0.730. The van der Waals surface area contributed by atoms with Crippen LogP contribution in [0.1, 0.15) is 35.7 Å². The first kappa shape index (κ1) is 27.7. The Morgan fingerprint density at radius 2 is 1.68 bits per heavy atom. The third-order valence-electron chi connectivity index (χ3n) is 6.17. The number of carbonyl (C=O) groups is 3. The summed E-state index contributed by atoms with van der Waals surface area (Å²) in [5, 5.41) is 3.23. The minimum absolute atomic E-state index is 0.0340. The van der Waals surface area contributed by atoms with Crippen molar-refractivity contribution in [2.45, 2.75) is 32.2 Å². The first-order valence-corrected chi connectivity index (χ1v) is 13.9. The van der Waals surface area contributed by atoms with Crippen LogP contribution in [0.3, 0.4) is 0 Å². The van der Waals surface area contributed by atoms with Crippen LogP contribution in [0.5, 0.6) is 0 Å². The number of benzene rings is 3. The molecule has 38 heavy (non-hydrogen) atoms. The predicted molar refractivity (Wildman–Crippen MR) is 160 cm³/mol. The van der Waals surface area contributed by atoms with E-state index in [0.29, 0.717) is 28.6 Å². The number of rotatable bonds is 10. The minimum Gasteiger partial charge on any atom is -0.462 e.